The lowest BCUT2D eigenvalue weighted by atomic mass is 9.75. The van der Waals surface area contributed by atoms with Gasteiger partial charge in [-0.2, -0.15) is 0 Å². The van der Waals surface area contributed by atoms with E-state index in [-0.39, 0.29) is 11.3 Å². The fourth-order valence-corrected chi connectivity index (χ4v) is 4.54. The lowest BCUT2D eigenvalue weighted by Gasteiger charge is -2.40. The van der Waals surface area contributed by atoms with Gasteiger partial charge in [0.2, 0.25) is 5.91 Å². The molecule has 128 valence electrons. The predicted octanol–water partition coefficient (Wildman–Crippen LogP) is 4.63. The topological polar surface area (TPSA) is 32.3 Å². The van der Waals surface area contributed by atoms with E-state index < -0.39 is 5.66 Å². The lowest BCUT2D eigenvalue weighted by molar-refractivity contribution is -0.118. The van der Waals surface area contributed by atoms with Crippen LogP contribution in [-0.4, -0.2) is 18.1 Å². The highest BCUT2D eigenvalue weighted by Gasteiger charge is 2.59. The van der Waals surface area contributed by atoms with Crippen LogP contribution in [0.3, 0.4) is 0 Å². The van der Waals surface area contributed by atoms with Crippen LogP contribution in [0.4, 0.5) is 5.69 Å². The van der Waals surface area contributed by atoms with Gasteiger partial charge >= 0.3 is 0 Å². The number of hydrogen-bond acceptors (Lipinski definition) is 2. The number of carbonyl (C=O) groups is 1. The molecule has 1 unspecified atom stereocenters. The van der Waals surface area contributed by atoms with Crippen LogP contribution in [0.5, 0.6) is 0 Å². The van der Waals surface area contributed by atoms with Gasteiger partial charge in [0.1, 0.15) is 5.66 Å². The second kappa shape index (κ2) is 5.52. The molecule has 1 fully saturated rings. The fraction of sp³-hybridized carbons (Fsp3) is 0.250. The summed E-state index contributed by atoms with van der Waals surface area (Å²) in [5.74, 6) is 0.0116. The maximum atomic E-state index is 12.3. The number of anilines is 1. The summed E-state index contributed by atoms with van der Waals surface area (Å²) in [7, 11) is 0. The maximum Gasteiger partial charge on any atom is 0.241 e. The van der Waals surface area contributed by atoms with Crippen molar-refractivity contribution in [1.29, 1.82) is 0 Å². The van der Waals surface area contributed by atoms with E-state index in [0.29, 0.717) is 16.6 Å². The standard InChI is InChI=1S/C20H18Cl2N2O/c1-19(2)14-6-3-4-9-17(14)24-12-18(25)23-20(19,24)11-10-13-15(21)7-5-8-16(13)22/h3-11H,12H2,1-2H3,(H,23,25). The Balaban J connectivity index is 1.87. The highest BCUT2D eigenvalue weighted by molar-refractivity contribution is 6.37. The van der Waals surface area contributed by atoms with E-state index in [4.69, 9.17) is 23.2 Å². The Hall–Kier alpha value is -1.97. The summed E-state index contributed by atoms with van der Waals surface area (Å²) in [4.78, 5) is 14.4. The Bertz CT molecular complexity index is 886. The Morgan fingerprint density at radius 3 is 2.48 bits per heavy atom. The Kier molecular flexibility index (Phi) is 3.64. The molecule has 2 heterocycles. The number of hydrogen-bond donors (Lipinski definition) is 1. The van der Waals surface area contributed by atoms with Gasteiger partial charge in [-0.25, -0.2) is 0 Å². The van der Waals surface area contributed by atoms with Crippen LogP contribution in [0.15, 0.2) is 48.5 Å². The van der Waals surface area contributed by atoms with E-state index in [1.54, 1.807) is 0 Å². The largest absolute Gasteiger partial charge is 0.335 e. The first kappa shape index (κ1) is 16.5. The molecule has 0 aliphatic carbocycles. The number of fused-ring (bicyclic) bond motifs is 3. The van der Waals surface area contributed by atoms with Crippen molar-refractivity contribution >= 4 is 40.9 Å². The van der Waals surface area contributed by atoms with Gasteiger partial charge in [-0.15, -0.1) is 0 Å². The average molecular weight is 373 g/mol. The average Bonchev–Trinajstić information content (AvgIpc) is 2.99. The smallest absolute Gasteiger partial charge is 0.241 e. The molecule has 1 N–H and O–H groups in total. The molecule has 0 saturated carbocycles. The van der Waals surface area contributed by atoms with Crippen molar-refractivity contribution < 1.29 is 4.79 Å². The molecule has 4 rings (SSSR count). The second-order valence-corrected chi connectivity index (χ2v) is 7.83. The van der Waals surface area contributed by atoms with Crippen molar-refractivity contribution in [3.8, 4) is 0 Å². The Morgan fingerprint density at radius 1 is 1.08 bits per heavy atom. The van der Waals surface area contributed by atoms with Crippen LogP contribution in [0.2, 0.25) is 10.0 Å². The summed E-state index contributed by atoms with van der Waals surface area (Å²) in [6, 6.07) is 13.7. The summed E-state index contributed by atoms with van der Waals surface area (Å²) in [5, 5.41) is 4.36. The number of nitrogens with zero attached hydrogens (tertiary/aromatic N) is 1. The van der Waals surface area contributed by atoms with Gasteiger partial charge in [0.05, 0.1) is 6.54 Å². The normalized spacial score (nSPS) is 23.7. The van der Waals surface area contributed by atoms with E-state index in [1.807, 2.05) is 42.5 Å². The highest BCUT2D eigenvalue weighted by Crippen LogP contribution is 2.52. The van der Waals surface area contributed by atoms with Crippen LogP contribution in [0, 0.1) is 0 Å². The van der Waals surface area contributed by atoms with Gasteiger partial charge < -0.3 is 10.2 Å². The first-order valence-corrected chi connectivity index (χ1v) is 8.94. The van der Waals surface area contributed by atoms with Gasteiger partial charge in [-0.3, -0.25) is 4.79 Å². The van der Waals surface area contributed by atoms with Crippen molar-refractivity contribution in [3.63, 3.8) is 0 Å². The fourth-order valence-electron chi connectivity index (χ4n) is 4.01. The van der Waals surface area contributed by atoms with E-state index in [9.17, 15) is 4.79 Å². The zero-order chi connectivity index (χ0) is 17.8. The molecule has 2 aliphatic heterocycles. The molecular weight excluding hydrogens is 355 g/mol. The summed E-state index contributed by atoms with van der Waals surface area (Å²) in [6.07, 6.45) is 3.93. The summed E-state index contributed by atoms with van der Waals surface area (Å²) in [6.45, 7) is 4.63. The number of benzene rings is 2. The zero-order valence-corrected chi connectivity index (χ0v) is 15.5. The monoisotopic (exact) mass is 372 g/mol. The van der Waals surface area contributed by atoms with Gasteiger partial charge in [0.15, 0.2) is 0 Å². The van der Waals surface area contributed by atoms with Crippen molar-refractivity contribution in [2.75, 3.05) is 11.4 Å². The molecule has 25 heavy (non-hydrogen) atoms. The molecule has 3 nitrogen and oxygen atoms in total. The molecule has 1 saturated heterocycles. The molecule has 2 aliphatic rings. The first-order chi connectivity index (χ1) is 11.9. The summed E-state index contributed by atoms with van der Waals surface area (Å²) >= 11 is 12.6. The molecule has 0 spiro atoms. The minimum Gasteiger partial charge on any atom is -0.335 e. The zero-order valence-electron chi connectivity index (χ0n) is 14.0. The SMILES string of the molecule is CC1(C)c2ccccc2N2CC(=O)NC21C=Cc1c(Cl)cccc1Cl. The van der Waals surface area contributed by atoms with Crippen LogP contribution < -0.4 is 10.2 Å². The molecule has 1 atom stereocenters. The van der Waals surface area contributed by atoms with E-state index in [2.05, 4.69) is 36.2 Å². The second-order valence-electron chi connectivity index (χ2n) is 7.01. The summed E-state index contributed by atoms with van der Waals surface area (Å²) in [5.41, 5.74) is 2.11. The van der Waals surface area contributed by atoms with Crippen LogP contribution in [-0.2, 0) is 10.2 Å². The molecular formula is C20H18Cl2N2O. The van der Waals surface area contributed by atoms with E-state index >= 15 is 0 Å². The molecule has 2 aromatic rings. The Morgan fingerprint density at radius 2 is 1.76 bits per heavy atom. The number of rotatable bonds is 2. The third kappa shape index (κ3) is 2.22. The molecule has 1 amide bonds. The maximum absolute atomic E-state index is 12.3. The quantitative estimate of drug-likeness (QED) is 0.833. The third-order valence-electron chi connectivity index (χ3n) is 5.37. The van der Waals surface area contributed by atoms with Crippen molar-refractivity contribution in [2.45, 2.75) is 24.9 Å². The molecule has 0 radical (unpaired) electrons. The molecule has 0 bridgehead atoms. The minimum atomic E-state index is -0.643. The number of halogens is 2. The van der Waals surface area contributed by atoms with Crippen LogP contribution in [0.1, 0.15) is 25.0 Å². The lowest BCUT2D eigenvalue weighted by Crippen LogP contribution is -2.58. The van der Waals surface area contributed by atoms with Crippen molar-refractivity contribution in [2.24, 2.45) is 0 Å². The minimum absolute atomic E-state index is 0.0116. The molecule has 5 heteroatoms. The van der Waals surface area contributed by atoms with E-state index in [1.165, 1.54) is 5.56 Å². The van der Waals surface area contributed by atoms with Crippen molar-refractivity contribution in [1.82, 2.24) is 5.32 Å². The van der Waals surface area contributed by atoms with E-state index in [0.717, 1.165) is 11.3 Å². The summed E-state index contributed by atoms with van der Waals surface area (Å²) < 4.78 is 0. The predicted molar refractivity (Wildman–Crippen MR) is 103 cm³/mol. The molecule has 2 aromatic carbocycles. The van der Waals surface area contributed by atoms with Gasteiger partial charge in [0.25, 0.3) is 0 Å². The molecule has 0 aromatic heterocycles. The number of carbonyl (C=O) groups excluding carboxylic acids is 1. The third-order valence-corrected chi connectivity index (χ3v) is 6.03. The number of amides is 1. The van der Waals surface area contributed by atoms with Crippen LogP contribution >= 0.6 is 23.2 Å². The van der Waals surface area contributed by atoms with Gasteiger partial charge in [-0.05, 0) is 29.8 Å². The number of nitrogens with one attached hydrogen (secondary N) is 1. The first-order valence-electron chi connectivity index (χ1n) is 8.18. The van der Waals surface area contributed by atoms with Gasteiger partial charge in [-0.1, -0.05) is 67.4 Å². The van der Waals surface area contributed by atoms with Gasteiger partial charge in [0, 0.05) is 26.7 Å². The highest BCUT2D eigenvalue weighted by atomic mass is 35.5. The number of para-hydroxylation sites is 1. The van der Waals surface area contributed by atoms with Crippen LogP contribution in [0.25, 0.3) is 6.08 Å². The van der Waals surface area contributed by atoms with Crippen molar-refractivity contribution in [3.05, 3.63) is 69.7 Å². The Labute approximate surface area is 157 Å².